The van der Waals surface area contributed by atoms with Crippen LogP contribution in [0.2, 0.25) is 0 Å². The van der Waals surface area contributed by atoms with Gasteiger partial charge in [-0.2, -0.15) is 0 Å². The van der Waals surface area contributed by atoms with Crippen molar-refractivity contribution in [3.8, 4) is 0 Å². The molecule has 2 heterocycles. The number of benzene rings is 1. The summed E-state index contributed by atoms with van der Waals surface area (Å²) in [7, 11) is 1.86. The lowest BCUT2D eigenvalue weighted by atomic mass is 10.0. The van der Waals surface area contributed by atoms with Crippen LogP contribution >= 0.6 is 0 Å². The molecule has 8 heteroatoms. The lowest BCUT2D eigenvalue weighted by Gasteiger charge is -2.24. The standard InChI is InChI=1S/C20H23F2N3O3/c1-10(23-2)11-5-6-24(8-11)18-15(21)7-13-17(16(18)22)25(12-3-4-12)9-14(19(13)26)20(27)28/h7,9-12,23H,3-6,8H2,1-2H3,(H,27,28)/t10-,11-/m0/s1. The van der Waals surface area contributed by atoms with Crippen LogP contribution in [-0.4, -0.2) is 41.8 Å². The number of rotatable bonds is 5. The highest BCUT2D eigenvalue weighted by Crippen LogP contribution is 2.40. The summed E-state index contributed by atoms with van der Waals surface area (Å²) in [5, 5.41) is 12.3. The zero-order chi connectivity index (χ0) is 20.2. The van der Waals surface area contributed by atoms with E-state index < -0.39 is 28.6 Å². The molecule has 1 aliphatic carbocycles. The molecule has 6 nitrogen and oxygen atoms in total. The molecule has 150 valence electrons. The summed E-state index contributed by atoms with van der Waals surface area (Å²) in [6.07, 6.45) is 3.56. The van der Waals surface area contributed by atoms with Crippen LogP contribution in [0.4, 0.5) is 14.5 Å². The fourth-order valence-electron chi connectivity index (χ4n) is 4.15. The van der Waals surface area contributed by atoms with E-state index in [2.05, 4.69) is 5.32 Å². The zero-order valence-electron chi connectivity index (χ0n) is 15.8. The Morgan fingerprint density at radius 1 is 1.32 bits per heavy atom. The number of nitrogens with zero attached hydrogens (tertiary/aromatic N) is 2. The molecule has 0 amide bonds. The quantitative estimate of drug-likeness (QED) is 0.820. The van der Waals surface area contributed by atoms with Gasteiger partial charge >= 0.3 is 5.97 Å². The predicted octanol–water partition coefficient (Wildman–Crippen LogP) is 2.75. The smallest absolute Gasteiger partial charge is 0.341 e. The molecule has 0 unspecified atom stereocenters. The van der Waals surface area contributed by atoms with Crippen molar-refractivity contribution in [2.45, 2.75) is 38.3 Å². The minimum absolute atomic E-state index is 0.000912. The fraction of sp³-hybridized carbons (Fsp3) is 0.500. The maximum absolute atomic E-state index is 15.5. The van der Waals surface area contributed by atoms with E-state index in [-0.39, 0.29) is 34.6 Å². The number of nitrogens with one attached hydrogen (secondary N) is 1. The number of hydrogen-bond donors (Lipinski definition) is 2. The number of halogens is 2. The molecule has 1 aromatic carbocycles. The van der Waals surface area contributed by atoms with Crippen LogP contribution in [0.25, 0.3) is 10.9 Å². The van der Waals surface area contributed by atoms with Crippen LogP contribution in [-0.2, 0) is 0 Å². The molecule has 0 spiro atoms. The van der Waals surface area contributed by atoms with Crippen LogP contribution in [0.1, 0.15) is 42.6 Å². The van der Waals surface area contributed by atoms with Gasteiger partial charge in [-0.05, 0) is 45.2 Å². The van der Waals surface area contributed by atoms with Crippen molar-refractivity contribution in [2.24, 2.45) is 5.92 Å². The number of carboxylic acid groups (broad SMARTS) is 1. The third-order valence-electron chi connectivity index (χ3n) is 6.06. The minimum Gasteiger partial charge on any atom is -0.477 e. The Morgan fingerprint density at radius 2 is 2.04 bits per heavy atom. The van der Waals surface area contributed by atoms with Gasteiger partial charge in [-0.15, -0.1) is 0 Å². The molecule has 1 aliphatic heterocycles. The Bertz CT molecular complexity index is 1020. The van der Waals surface area contributed by atoms with Gasteiger partial charge < -0.3 is 19.9 Å². The Labute approximate surface area is 160 Å². The highest BCUT2D eigenvalue weighted by atomic mass is 19.1. The molecule has 2 aliphatic rings. The van der Waals surface area contributed by atoms with E-state index in [1.54, 1.807) is 4.90 Å². The average Bonchev–Trinajstić information content (AvgIpc) is 3.39. The van der Waals surface area contributed by atoms with Gasteiger partial charge in [-0.25, -0.2) is 13.6 Å². The van der Waals surface area contributed by atoms with Gasteiger partial charge in [0, 0.05) is 31.4 Å². The van der Waals surface area contributed by atoms with Crippen molar-refractivity contribution in [2.75, 3.05) is 25.0 Å². The largest absolute Gasteiger partial charge is 0.477 e. The highest BCUT2D eigenvalue weighted by molar-refractivity contribution is 5.94. The highest BCUT2D eigenvalue weighted by Gasteiger charge is 2.33. The third kappa shape index (κ3) is 2.96. The second-order valence-electron chi connectivity index (χ2n) is 7.80. The van der Waals surface area contributed by atoms with Crippen molar-refractivity contribution >= 4 is 22.6 Å². The number of aromatic carboxylic acids is 1. The summed E-state index contributed by atoms with van der Waals surface area (Å²) >= 11 is 0. The van der Waals surface area contributed by atoms with Crippen LogP contribution < -0.4 is 15.6 Å². The van der Waals surface area contributed by atoms with Crippen LogP contribution in [0, 0.1) is 17.6 Å². The van der Waals surface area contributed by atoms with Crippen molar-refractivity contribution in [1.82, 2.24) is 9.88 Å². The normalized spacial score (nSPS) is 20.7. The number of carbonyl (C=O) groups is 1. The van der Waals surface area contributed by atoms with E-state index in [4.69, 9.17) is 0 Å². The van der Waals surface area contributed by atoms with Crippen LogP contribution in [0.3, 0.4) is 0 Å². The lowest BCUT2D eigenvalue weighted by molar-refractivity contribution is 0.0695. The number of pyridine rings is 1. The monoisotopic (exact) mass is 391 g/mol. The van der Waals surface area contributed by atoms with E-state index in [1.807, 2.05) is 14.0 Å². The second kappa shape index (κ2) is 6.84. The Hall–Kier alpha value is -2.48. The molecule has 28 heavy (non-hydrogen) atoms. The van der Waals surface area contributed by atoms with Crippen molar-refractivity contribution in [3.05, 3.63) is 39.7 Å². The molecule has 1 saturated carbocycles. The molecule has 1 saturated heterocycles. The summed E-state index contributed by atoms with van der Waals surface area (Å²) in [6, 6.07) is 1.15. The van der Waals surface area contributed by atoms with E-state index in [1.165, 1.54) is 10.8 Å². The predicted molar refractivity (Wildman–Crippen MR) is 102 cm³/mol. The van der Waals surface area contributed by atoms with Gasteiger partial charge in [0.25, 0.3) is 0 Å². The number of hydrogen-bond acceptors (Lipinski definition) is 4. The Kier molecular flexibility index (Phi) is 4.61. The molecular formula is C20H23F2N3O3. The maximum atomic E-state index is 15.5. The van der Waals surface area contributed by atoms with Gasteiger partial charge in [-0.1, -0.05) is 0 Å². The molecule has 1 aromatic heterocycles. The van der Waals surface area contributed by atoms with Gasteiger partial charge in [0.15, 0.2) is 5.82 Å². The second-order valence-corrected chi connectivity index (χ2v) is 7.80. The first-order chi connectivity index (χ1) is 13.3. The van der Waals surface area contributed by atoms with Crippen molar-refractivity contribution in [3.63, 3.8) is 0 Å². The van der Waals surface area contributed by atoms with Gasteiger partial charge in [-0.3, -0.25) is 4.79 Å². The van der Waals surface area contributed by atoms with E-state index in [0.717, 1.165) is 25.3 Å². The summed E-state index contributed by atoms with van der Waals surface area (Å²) in [5.41, 5.74) is -1.45. The number of aromatic nitrogens is 1. The van der Waals surface area contributed by atoms with Gasteiger partial charge in [0.05, 0.1) is 10.9 Å². The summed E-state index contributed by atoms with van der Waals surface area (Å²) in [4.78, 5) is 25.6. The molecule has 2 N–H and O–H groups in total. The average molecular weight is 391 g/mol. The van der Waals surface area contributed by atoms with Crippen LogP contribution in [0.15, 0.2) is 17.1 Å². The van der Waals surface area contributed by atoms with Crippen LogP contribution in [0.5, 0.6) is 0 Å². The summed E-state index contributed by atoms with van der Waals surface area (Å²) in [6.45, 7) is 3.08. The molecule has 2 fully saturated rings. The van der Waals surface area contributed by atoms with Crippen molar-refractivity contribution < 1.29 is 18.7 Å². The van der Waals surface area contributed by atoms with E-state index >= 15 is 4.39 Å². The van der Waals surface area contributed by atoms with Gasteiger partial charge in [0.1, 0.15) is 17.1 Å². The first kappa shape index (κ1) is 18.9. The van der Waals surface area contributed by atoms with Crippen molar-refractivity contribution in [1.29, 1.82) is 0 Å². The first-order valence-electron chi connectivity index (χ1n) is 9.55. The number of carboxylic acids is 1. The lowest BCUT2D eigenvalue weighted by Crippen LogP contribution is -2.33. The SMILES string of the molecule is CN[C@@H](C)[C@H]1CCN(c2c(F)cc3c(=O)c(C(=O)O)cn(C4CC4)c3c2F)C1. The molecular weight excluding hydrogens is 368 g/mol. The molecule has 0 radical (unpaired) electrons. The Morgan fingerprint density at radius 3 is 2.64 bits per heavy atom. The topological polar surface area (TPSA) is 74.6 Å². The number of anilines is 1. The molecule has 0 bridgehead atoms. The zero-order valence-corrected chi connectivity index (χ0v) is 15.8. The Balaban J connectivity index is 1.89. The van der Waals surface area contributed by atoms with Gasteiger partial charge in [0.2, 0.25) is 5.43 Å². The fourth-order valence-corrected chi connectivity index (χ4v) is 4.15. The first-order valence-corrected chi connectivity index (χ1v) is 9.55. The van der Waals surface area contributed by atoms with E-state index in [9.17, 15) is 19.1 Å². The number of fused-ring (bicyclic) bond motifs is 1. The maximum Gasteiger partial charge on any atom is 0.341 e. The molecule has 2 aromatic rings. The molecule has 4 rings (SSSR count). The summed E-state index contributed by atoms with van der Waals surface area (Å²) in [5.74, 6) is -2.74. The third-order valence-corrected chi connectivity index (χ3v) is 6.06. The minimum atomic E-state index is -1.39. The molecule has 2 atom stereocenters. The summed E-state index contributed by atoms with van der Waals surface area (Å²) < 4.78 is 32.0. The van der Waals surface area contributed by atoms with E-state index in [0.29, 0.717) is 13.1 Å².